The third kappa shape index (κ3) is 5.78. The van der Waals surface area contributed by atoms with E-state index >= 15 is 0 Å². The van der Waals surface area contributed by atoms with E-state index < -0.39 is 112 Å². The molecule has 0 radical (unpaired) electrons. The van der Waals surface area contributed by atoms with Gasteiger partial charge < -0.3 is 79.5 Å². The molecule has 3 heterocycles. The van der Waals surface area contributed by atoms with Crippen LogP contribution in [0.3, 0.4) is 0 Å². The predicted octanol–water partition coefficient (Wildman–Crippen LogP) is -6.92. The van der Waals surface area contributed by atoms with Crippen LogP contribution in [-0.4, -0.2) is 170 Å². The fourth-order valence-corrected chi connectivity index (χ4v) is 4.33. The molecule has 206 valence electrons. The molecule has 3 aliphatic heterocycles. The zero-order chi connectivity index (χ0) is 26.0. The summed E-state index contributed by atoms with van der Waals surface area (Å²) in [5, 5.41) is 100. The van der Waals surface area contributed by atoms with Crippen LogP contribution in [0.5, 0.6) is 0 Å². The van der Waals surface area contributed by atoms with Gasteiger partial charge in [-0.2, -0.15) is 0 Å². The van der Waals surface area contributed by atoms with Crippen LogP contribution >= 0.6 is 0 Å². The quantitative estimate of drug-likeness (QED) is 0.143. The Morgan fingerprint density at radius 1 is 0.514 bits per heavy atom. The van der Waals surface area contributed by atoms with E-state index in [1.807, 2.05) is 0 Å². The Kier molecular flexibility index (Phi) is 10.1. The first-order valence-corrected chi connectivity index (χ1v) is 11.0. The normalized spacial score (nSPS) is 51.3. The van der Waals surface area contributed by atoms with Gasteiger partial charge in [-0.3, -0.25) is 0 Å². The third-order valence-corrected chi connectivity index (χ3v) is 6.34. The maximum absolute atomic E-state index is 10.7. The van der Waals surface area contributed by atoms with E-state index in [1.54, 1.807) is 0 Å². The summed E-state index contributed by atoms with van der Waals surface area (Å²) in [7, 11) is 1.24. The Hall–Kier alpha value is -0.640. The van der Waals surface area contributed by atoms with Crippen LogP contribution in [-0.2, 0) is 28.4 Å². The molecule has 0 amide bonds. The molecule has 35 heavy (non-hydrogen) atoms. The van der Waals surface area contributed by atoms with Crippen molar-refractivity contribution < 1.29 is 79.5 Å². The van der Waals surface area contributed by atoms with Gasteiger partial charge >= 0.3 is 0 Å². The highest BCUT2D eigenvalue weighted by molar-refractivity contribution is 4.96. The van der Waals surface area contributed by atoms with Crippen LogP contribution in [0.2, 0.25) is 0 Å². The molecule has 0 bridgehead atoms. The Morgan fingerprint density at radius 2 is 0.886 bits per heavy atom. The van der Waals surface area contributed by atoms with Gasteiger partial charge in [-0.05, 0) is 0 Å². The smallest absolute Gasteiger partial charge is 0.187 e. The van der Waals surface area contributed by atoms with Gasteiger partial charge in [-0.25, -0.2) is 0 Å². The highest BCUT2D eigenvalue weighted by atomic mass is 16.8. The summed E-state index contributed by atoms with van der Waals surface area (Å²) in [5.74, 6) is 0. The van der Waals surface area contributed by atoms with Crippen LogP contribution in [0.1, 0.15) is 0 Å². The summed E-state index contributed by atoms with van der Waals surface area (Å²) in [4.78, 5) is 0. The van der Waals surface area contributed by atoms with Crippen molar-refractivity contribution in [3.63, 3.8) is 0 Å². The molecular formula is C19H34O16. The first-order chi connectivity index (χ1) is 16.6. The molecule has 0 aromatic rings. The lowest BCUT2D eigenvalue weighted by Gasteiger charge is -2.48. The minimum atomic E-state index is -1.88. The second kappa shape index (κ2) is 12.3. The topological polar surface area (TPSA) is 258 Å². The van der Waals surface area contributed by atoms with Gasteiger partial charge in [-0.1, -0.05) is 0 Å². The maximum atomic E-state index is 10.7. The van der Waals surface area contributed by atoms with Crippen LogP contribution in [0.15, 0.2) is 0 Å². The maximum Gasteiger partial charge on any atom is 0.187 e. The lowest BCUT2D eigenvalue weighted by molar-refractivity contribution is -0.378. The Morgan fingerprint density at radius 3 is 1.31 bits per heavy atom. The zero-order valence-electron chi connectivity index (χ0n) is 18.7. The van der Waals surface area contributed by atoms with Crippen LogP contribution < -0.4 is 0 Å². The molecule has 0 spiro atoms. The molecule has 16 heteroatoms. The zero-order valence-corrected chi connectivity index (χ0v) is 18.7. The second-order valence-electron chi connectivity index (χ2n) is 8.54. The number of ether oxygens (including phenoxy) is 6. The van der Waals surface area contributed by atoms with E-state index in [4.69, 9.17) is 28.4 Å². The van der Waals surface area contributed by atoms with Crippen LogP contribution in [0.25, 0.3) is 0 Å². The fraction of sp³-hybridized carbons (Fsp3) is 1.00. The summed E-state index contributed by atoms with van der Waals surface area (Å²) < 4.78 is 31.8. The molecule has 3 aliphatic rings. The molecule has 16 nitrogen and oxygen atoms in total. The summed E-state index contributed by atoms with van der Waals surface area (Å²) >= 11 is 0. The molecule has 10 N–H and O–H groups in total. The molecule has 3 saturated heterocycles. The summed E-state index contributed by atoms with van der Waals surface area (Å²) in [5.41, 5.74) is 0. The van der Waals surface area contributed by atoms with Crippen molar-refractivity contribution >= 4 is 0 Å². The summed E-state index contributed by atoms with van der Waals surface area (Å²) in [6.45, 7) is -2.15. The standard InChI is InChI=1S/C19H34O16/c1-30-14-5(2-20)32-18(12(27)9(14)24)35-16-7(4-22)33-19(13(28)10(16)25)34-15-6(3-21)31-17(29)11(26)8(15)23/h5-29H,2-4H2,1H3/t5-,6-,7-,8-,9-,10-,11-,12-,13-,14+,15+,16+,17-,18+,19+/m1/s1. The number of aliphatic hydroxyl groups excluding tert-OH is 10. The van der Waals surface area contributed by atoms with Crippen molar-refractivity contribution in [2.24, 2.45) is 0 Å². The summed E-state index contributed by atoms with van der Waals surface area (Å²) in [6.07, 6.45) is -23.7. The van der Waals surface area contributed by atoms with Crippen LogP contribution in [0.4, 0.5) is 0 Å². The Bertz CT molecular complexity index is 650. The molecule has 0 aliphatic carbocycles. The van der Waals surface area contributed by atoms with Crippen LogP contribution in [0, 0.1) is 0 Å². The number of hydrogen-bond donors (Lipinski definition) is 10. The molecule has 3 rings (SSSR count). The molecule has 0 aromatic heterocycles. The Balaban J connectivity index is 1.72. The van der Waals surface area contributed by atoms with Gasteiger partial charge in [0, 0.05) is 7.11 Å². The van der Waals surface area contributed by atoms with Gasteiger partial charge in [-0.15, -0.1) is 0 Å². The van der Waals surface area contributed by atoms with E-state index in [1.165, 1.54) is 7.11 Å². The number of hydrogen-bond acceptors (Lipinski definition) is 16. The van der Waals surface area contributed by atoms with Crippen molar-refractivity contribution in [3.05, 3.63) is 0 Å². The van der Waals surface area contributed by atoms with E-state index in [0.29, 0.717) is 0 Å². The third-order valence-electron chi connectivity index (χ3n) is 6.34. The summed E-state index contributed by atoms with van der Waals surface area (Å²) in [6, 6.07) is 0. The van der Waals surface area contributed by atoms with Gasteiger partial charge in [0.25, 0.3) is 0 Å². The monoisotopic (exact) mass is 518 g/mol. The average Bonchev–Trinajstić information content (AvgIpc) is 2.85. The number of methoxy groups -OCH3 is 1. The lowest BCUT2D eigenvalue weighted by atomic mass is 9.96. The van der Waals surface area contributed by atoms with Gasteiger partial charge in [0.05, 0.1) is 19.8 Å². The minimum Gasteiger partial charge on any atom is -0.394 e. The SMILES string of the molecule is CO[C@@H]1[C@H](O)[C@@H](O)[C@H](O[C@@H]2[C@H](O)[C@@H](O)[C@H](O[C@@H]3[C@H](O)[C@@H](O)[C@H](O)O[C@@H]3CO)O[C@@H]2CO)O[C@@H]1CO. The highest BCUT2D eigenvalue weighted by Gasteiger charge is 2.53. The van der Waals surface area contributed by atoms with E-state index in [9.17, 15) is 51.1 Å². The van der Waals surface area contributed by atoms with E-state index in [0.717, 1.165) is 0 Å². The van der Waals surface area contributed by atoms with Gasteiger partial charge in [0.2, 0.25) is 0 Å². The van der Waals surface area contributed by atoms with Crippen molar-refractivity contribution in [3.8, 4) is 0 Å². The number of rotatable bonds is 8. The average molecular weight is 518 g/mol. The predicted molar refractivity (Wildman–Crippen MR) is 106 cm³/mol. The van der Waals surface area contributed by atoms with E-state index in [2.05, 4.69) is 0 Å². The fourth-order valence-electron chi connectivity index (χ4n) is 4.33. The van der Waals surface area contributed by atoms with E-state index in [-0.39, 0.29) is 0 Å². The lowest BCUT2D eigenvalue weighted by Crippen LogP contribution is -2.66. The molecule has 15 atom stereocenters. The molecule has 3 fully saturated rings. The van der Waals surface area contributed by atoms with Crippen molar-refractivity contribution in [1.29, 1.82) is 0 Å². The molecular weight excluding hydrogens is 484 g/mol. The first-order valence-electron chi connectivity index (χ1n) is 11.0. The largest absolute Gasteiger partial charge is 0.394 e. The molecule has 0 saturated carbocycles. The van der Waals surface area contributed by atoms with Gasteiger partial charge in [0.1, 0.15) is 73.2 Å². The van der Waals surface area contributed by atoms with Gasteiger partial charge in [0.15, 0.2) is 18.9 Å². The minimum absolute atomic E-state index is 0.605. The van der Waals surface area contributed by atoms with Crippen molar-refractivity contribution in [2.75, 3.05) is 26.9 Å². The first kappa shape index (κ1) is 28.9. The number of aliphatic hydroxyl groups is 10. The van der Waals surface area contributed by atoms with Crippen molar-refractivity contribution in [2.45, 2.75) is 92.1 Å². The molecule has 0 aromatic carbocycles. The highest BCUT2D eigenvalue weighted by Crippen LogP contribution is 2.32. The Labute approximate surface area is 199 Å². The second-order valence-corrected chi connectivity index (χ2v) is 8.54. The molecule has 0 unspecified atom stereocenters. The van der Waals surface area contributed by atoms with Crippen molar-refractivity contribution in [1.82, 2.24) is 0 Å².